The Morgan fingerprint density at radius 1 is 1.08 bits per heavy atom. The van der Waals surface area contributed by atoms with Gasteiger partial charge in [-0.2, -0.15) is 0 Å². The number of anilines is 1. The van der Waals surface area contributed by atoms with Crippen LogP contribution >= 0.6 is 11.6 Å². The molecule has 0 unspecified atom stereocenters. The molecular weight excluding hydrogens is 330 g/mol. The van der Waals surface area contributed by atoms with Gasteiger partial charge in [0.05, 0.1) is 28.1 Å². The van der Waals surface area contributed by atoms with Crippen LogP contribution in [0.3, 0.4) is 0 Å². The van der Waals surface area contributed by atoms with E-state index in [1.165, 1.54) is 23.1 Å². The zero-order valence-electron chi connectivity index (χ0n) is 12.6. The maximum atomic E-state index is 13.0. The molecule has 1 heterocycles. The van der Waals surface area contributed by atoms with Gasteiger partial charge in [0.15, 0.2) is 0 Å². The summed E-state index contributed by atoms with van der Waals surface area (Å²) in [6.07, 6.45) is 5.33. The molecule has 1 aromatic carbocycles. The van der Waals surface area contributed by atoms with Crippen LogP contribution in [0, 0.1) is 35.5 Å². The number of halogens is 1. The largest absolute Gasteiger partial charge is 0.478 e. The molecule has 1 aromatic rings. The lowest BCUT2D eigenvalue weighted by molar-refractivity contribution is -0.124. The first-order chi connectivity index (χ1) is 11.5. The van der Waals surface area contributed by atoms with Crippen LogP contribution in [0.1, 0.15) is 16.8 Å². The number of benzene rings is 1. The highest BCUT2D eigenvalue weighted by Gasteiger charge is 2.67. The average Bonchev–Trinajstić information content (AvgIpc) is 3.33. The number of rotatable bonds is 2. The summed E-state index contributed by atoms with van der Waals surface area (Å²) in [7, 11) is 0. The molecule has 2 bridgehead atoms. The molecule has 6 heteroatoms. The number of hydrogen-bond acceptors (Lipinski definition) is 3. The van der Waals surface area contributed by atoms with Gasteiger partial charge < -0.3 is 5.11 Å². The highest BCUT2D eigenvalue weighted by atomic mass is 35.5. The van der Waals surface area contributed by atoms with Crippen LogP contribution in [0.5, 0.6) is 0 Å². The van der Waals surface area contributed by atoms with Crippen molar-refractivity contribution in [2.75, 3.05) is 4.90 Å². The van der Waals surface area contributed by atoms with Gasteiger partial charge in [-0.15, -0.1) is 0 Å². The van der Waals surface area contributed by atoms with Crippen LogP contribution in [-0.4, -0.2) is 22.9 Å². The summed E-state index contributed by atoms with van der Waals surface area (Å²) in [5, 5.41) is 9.31. The lowest BCUT2D eigenvalue weighted by Gasteiger charge is -2.37. The third kappa shape index (κ3) is 1.63. The van der Waals surface area contributed by atoms with Crippen molar-refractivity contribution in [2.24, 2.45) is 35.5 Å². The van der Waals surface area contributed by atoms with E-state index in [2.05, 4.69) is 12.2 Å². The van der Waals surface area contributed by atoms with Crippen molar-refractivity contribution in [3.8, 4) is 0 Å². The number of carboxylic acid groups (broad SMARTS) is 1. The molecule has 1 saturated heterocycles. The summed E-state index contributed by atoms with van der Waals surface area (Å²) in [5.41, 5.74) is 0.197. The van der Waals surface area contributed by atoms with Crippen molar-refractivity contribution in [3.63, 3.8) is 0 Å². The van der Waals surface area contributed by atoms with Crippen molar-refractivity contribution >= 4 is 35.1 Å². The minimum atomic E-state index is -1.18. The maximum absolute atomic E-state index is 13.0. The lowest BCUT2D eigenvalue weighted by atomic mass is 9.63. The lowest BCUT2D eigenvalue weighted by Crippen LogP contribution is -2.40. The SMILES string of the molecule is O=C(O)c1cc(N2C(=O)[C@@H]3[C@H]4C=C[C@@H]([C@@H]5C[C@H]45)[C@H]3C2=O)ccc1Cl. The quantitative estimate of drug-likeness (QED) is 0.661. The second-order valence-electron chi connectivity index (χ2n) is 7.14. The van der Waals surface area contributed by atoms with Gasteiger partial charge in [0.25, 0.3) is 0 Å². The Morgan fingerprint density at radius 2 is 1.67 bits per heavy atom. The molecule has 2 saturated carbocycles. The Balaban J connectivity index is 1.57. The van der Waals surface area contributed by atoms with Gasteiger partial charge in [-0.1, -0.05) is 23.8 Å². The first kappa shape index (κ1) is 14.2. The fourth-order valence-corrected chi connectivity index (χ4v) is 5.23. The molecule has 5 aliphatic rings. The van der Waals surface area contributed by atoms with E-state index in [9.17, 15) is 19.5 Å². The molecule has 3 fully saturated rings. The molecule has 0 spiro atoms. The van der Waals surface area contributed by atoms with Gasteiger partial charge >= 0.3 is 5.97 Å². The number of carbonyl (C=O) groups is 3. The van der Waals surface area contributed by atoms with Gasteiger partial charge in [-0.25, -0.2) is 9.69 Å². The van der Waals surface area contributed by atoms with E-state index in [0.717, 1.165) is 6.42 Å². The Kier molecular flexibility index (Phi) is 2.65. The molecule has 6 atom stereocenters. The first-order valence-electron chi connectivity index (χ1n) is 8.08. The minimum absolute atomic E-state index is 0.0886. The van der Waals surface area contributed by atoms with E-state index in [1.807, 2.05) is 0 Å². The van der Waals surface area contributed by atoms with E-state index in [1.54, 1.807) is 0 Å². The van der Waals surface area contributed by atoms with Gasteiger partial charge in [0.1, 0.15) is 0 Å². The highest BCUT2D eigenvalue weighted by Crippen LogP contribution is 2.65. The fraction of sp³-hybridized carbons (Fsp3) is 0.389. The standard InChI is InChI=1S/C18H14ClNO4/c19-13-4-1-7(5-12(13)18(23)24)20-16(21)14-8-2-3-9(11-6-10(8)11)15(14)17(20)22/h1-5,8-11,14-15H,6H2,(H,23,24)/t8-,9-,10-,11+,14+,15+/m0/s1. The Labute approximate surface area is 142 Å². The van der Waals surface area contributed by atoms with Crippen LogP contribution < -0.4 is 4.90 Å². The number of carboxylic acids is 1. The van der Waals surface area contributed by atoms with Gasteiger partial charge in [0.2, 0.25) is 11.8 Å². The average molecular weight is 344 g/mol. The molecule has 122 valence electrons. The number of nitrogens with zero attached hydrogens (tertiary/aromatic N) is 1. The number of aromatic carboxylic acids is 1. The zero-order chi connectivity index (χ0) is 16.7. The molecule has 6 rings (SSSR count). The Morgan fingerprint density at radius 3 is 2.21 bits per heavy atom. The Hall–Kier alpha value is -2.14. The molecule has 24 heavy (non-hydrogen) atoms. The second kappa shape index (κ2) is 4.48. The number of allylic oxidation sites excluding steroid dienone is 2. The van der Waals surface area contributed by atoms with Gasteiger partial charge in [-0.3, -0.25) is 9.59 Å². The summed E-state index contributed by atoms with van der Waals surface area (Å²) >= 11 is 5.89. The number of imide groups is 1. The van der Waals surface area contributed by atoms with Crippen molar-refractivity contribution in [2.45, 2.75) is 6.42 Å². The first-order valence-corrected chi connectivity index (χ1v) is 8.46. The monoisotopic (exact) mass is 343 g/mol. The molecule has 0 aromatic heterocycles. The van der Waals surface area contributed by atoms with Crippen LogP contribution in [0.2, 0.25) is 5.02 Å². The fourth-order valence-electron chi connectivity index (χ4n) is 5.03. The predicted octanol–water partition coefficient (Wildman–Crippen LogP) is 2.60. The van der Waals surface area contributed by atoms with Crippen LogP contribution in [-0.2, 0) is 9.59 Å². The smallest absolute Gasteiger partial charge is 0.337 e. The predicted molar refractivity (Wildman–Crippen MR) is 85.6 cm³/mol. The van der Waals surface area contributed by atoms with E-state index < -0.39 is 5.97 Å². The van der Waals surface area contributed by atoms with Crippen molar-refractivity contribution in [1.29, 1.82) is 0 Å². The molecule has 5 nitrogen and oxygen atoms in total. The van der Waals surface area contributed by atoms with Crippen LogP contribution in [0.4, 0.5) is 5.69 Å². The van der Waals surface area contributed by atoms with E-state index in [-0.39, 0.29) is 46.1 Å². The van der Waals surface area contributed by atoms with Crippen molar-refractivity contribution < 1.29 is 19.5 Å². The number of carbonyl (C=O) groups excluding carboxylic acids is 2. The Bertz CT molecular complexity index is 811. The molecule has 0 radical (unpaired) electrons. The molecular formula is C18H14ClNO4. The van der Waals surface area contributed by atoms with Crippen molar-refractivity contribution in [3.05, 3.63) is 40.9 Å². The van der Waals surface area contributed by atoms with E-state index in [4.69, 9.17) is 11.6 Å². The highest BCUT2D eigenvalue weighted by molar-refractivity contribution is 6.34. The summed E-state index contributed by atoms with van der Waals surface area (Å²) in [6, 6.07) is 4.28. The molecule has 1 N–H and O–H groups in total. The molecule has 1 aliphatic heterocycles. The summed E-state index contributed by atoms with van der Waals surface area (Å²) < 4.78 is 0. The molecule has 2 amide bonds. The zero-order valence-corrected chi connectivity index (χ0v) is 13.3. The van der Waals surface area contributed by atoms with Gasteiger partial charge in [-0.05, 0) is 48.3 Å². The van der Waals surface area contributed by atoms with Crippen LogP contribution in [0.25, 0.3) is 0 Å². The van der Waals surface area contributed by atoms with E-state index in [0.29, 0.717) is 17.5 Å². The summed E-state index contributed by atoms with van der Waals surface area (Å²) in [5.74, 6) is -0.783. The van der Waals surface area contributed by atoms with Gasteiger partial charge in [0, 0.05) is 0 Å². The van der Waals surface area contributed by atoms with Crippen LogP contribution in [0.15, 0.2) is 30.4 Å². The normalized spacial score (nSPS) is 38.3. The second-order valence-corrected chi connectivity index (χ2v) is 7.54. The third-order valence-corrected chi connectivity index (χ3v) is 6.43. The summed E-state index contributed by atoms with van der Waals surface area (Å²) in [6.45, 7) is 0. The minimum Gasteiger partial charge on any atom is -0.478 e. The number of hydrogen-bond donors (Lipinski definition) is 1. The topological polar surface area (TPSA) is 74.7 Å². The maximum Gasteiger partial charge on any atom is 0.337 e. The number of amides is 2. The summed E-state index contributed by atoms with van der Waals surface area (Å²) in [4.78, 5) is 38.4. The molecule has 4 aliphatic carbocycles. The van der Waals surface area contributed by atoms with E-state index >= 15 is 0 Å². The third-order valence-electron chi connectivity index (χ3n) is 6.10. The van der Waals surface area contributed by atoms with Crippen molar-refractivity contribution in [1.82, 2.24) is 0 Å².